The minimum Gasteiger partial charge on any atom is -0.317 e. The number of rotatable bonds is 7. The molecular weight excluding hydrogens is 420 g/mol. The van der Waals surface area contributed by atoms with E-state index in [4.69, 9.17) is 9.97 Å². The normalized spacial score (nSPS) is 14.7. The Balaban J connectivity index is 1.48. The van der Waals surface area contributed by atoms with Crippen molar-refractivity contribution in [2.24, 2.45) is 5.92 Å². The number of piperidine rings is 1. The summed E-state index contributed by atoms with van der Waals surface area (Å²) in [6.45, 7) is 2.80. The molecule has 7 heteroatoms. The molecule has 2 aromatic carbocycles. The second kappa shape index (κ2) is 9.75. The molecule has 1 saturated heterocycles. The molecule has 170 valence electrons. The van der Waals surface area contributed by atoms with Crippen LogP contribution in [-0.2, 0) is 19.4 Å². The molecule has 0 saturated carbocycles. The molecule has 1 N–H and O–H groups in total. The lowest BCUT2D eigenvalue weighted by molar-refractivity contribution is 0.339. The van der Waals surface area contributed by atoms with E-state index in [0.29, 0.717) is 59.2 Å². The van der Waals surface area contributed by atoms with Crippen molar-refractivity contribution in [3.63, 3.8) is 0 Å². The van der Waals surface area contributed by atoms with Crippen LogP contribution in [0.3, 0.4) is 0 Å². The van der Waals surface area contributed by atoms with Crippen LogP contribution in [0.5, 0.6) is 0 Å². The summed E-state index contributed by atoms with van der Waals surface area (Å²) in [7, 11) is 0. The Kier molecular flexibility index (Phi) is 6.39. The molecule has 33 heavy (non-hydrogen) atoms. The lowest BCUT2D eigenvalue weighted by Crippen LogP contribution is -2.28. The first-order valence-corrected chi connectivity index (χ1v) is 11.6. The van der Waals surface area contributed by atoms with E-state index in [1.165, 1.54) is 12.1 Å². The van der Waals surface area contributed by atoms with Gasteiger partial charge in [0.1, 0.15) is 28.8 Å². The molecule has 0 amide bonds. The first-order chi connectivity index (χ1) is 16.2. The average Bonchev–Trinajstić information content (AvgIpc) is 3.20. The highest BCUT2D eigenvalue weighted by Gasteiger charge is 2.20. The van der Waals surface area contributed by atoms with Gasteiger partial charge in [0.25, 0.3) is 0 Å². The van der Waals surface area contributed by atoms with Crippen molar-refractivity contribution in [2.75, 3.05) is 13.1 Å². The van der Waals surface area contributed by atoms with Gasteiger partial charge in [0.15, 0.2) is 5.65 Å². The van der Waals surface area contributed by atoms with Gasteiger partial charge in [-0.1, -0.05) is 30.3 Å². The van der Waals surface area contributed by atoms with Crippen molar-refractivity contribution in [3.05, 3.63) is 77.8 Å². The molecule has 0 unspecified atom stereocenters. The second-order valence-electron chi connectivity index (χ2n) is 8.64. The zero-order valence-corrected chi connectivity index (χ0v) is 18.5. The van der Waals surface area contributed by atoms with Gasteiger partial charge in [0.2, 0.25) is 0 Å². The number of benzene rings is 2. The molecular formula is C26H27F2N5. The van der Waals surface area contributed by atoms with Crippen molar-refractivity contribution in [2.45, 2.75) is 38.6 Å². The highest BCUT2D eigenvalue weighted by atomic mass is 19.1. The number of hydrogen-bond donors (Lipinski definition) is 1. The maximum Gasteiger partial charge on any atom is 0.164 e. The van der Waals surface area contributed by atoms with Gasteiger partial charge in [-0.05, 0) is 68.5 Å². The molecule has 3 heterocycles. The molecule has 2 aromatic heterocycles. The quantitative estimate of drug-likeness (QED) is 0.436. The zero-order chi connectivity index (χ0) is 22.6. The van der Waals surface area contributed by atoms with E-state index in [1.54, 1.807) is 30.5 Å². The summed E-state index contributed by atoms with van der Waals surface area (Å²) in [5, 5.41) is 3.41. The number of hydrogen-bond acceptors (Lipinski definition) is 4. The molecule has 0 atom stereocenters. The number of aryl methyl sites for hydroxylation is 3. The summed E-state index contributed by atoms with van der Waals surface area (Å²) in [6, 6.07) is 13.5. The van der Waals surface area contributed by atoms with E-state index in [1.807, 2.05) is 16.7 Å². The summed E-state index contributed by atoms with van der Waals surface area (Å²) in [4.78, 5) is 14.0. The van der Waals surface area contributed by atoms with Crippen LogP contribution in [0.1, 0.15) is 30.7 Å². The molecule has 0 radical (unpaired) electrons. The van der Waals surface area contributed by atoms with Gasteiger partial charge in [-0.25, -0.2) is 23.7 Å². The third-order valence-corrected chi connectivity index (χ3v) is 6.45. The van der Waals surface area contributed by atoms with Gasteiger partial charge in [-0.2, -0.15) is 0 Å². The zero-order valence-electron chi connectivity index (χ0n) is 18.5. The number of imidazole rings is 1. The highest BCUT2D eigenvalue weighted by Crippen LogP contribution is 2.28. The molecule has 0 spiro atoms. The molecule has 1 fully saturated rings. The summed E-state index contributed by atoms with van der Waals surface area (Å²) in [6.07, 6.45) is 6.01. The Labute approximate surface area is 191 Å². The number of nitrogens with zero attached hydrogens (tertiary/aromatic N) is 4. The van der Waals surface area contributed by atoms with E-state index in [0.717, 1.165) is 32.4 Å². The van der Waals surface area contributed by atoms with E-state index in [-0.39, 0.29) is 11.6 Å². The van der Waals surface area contributed by atoms with Gasteiger partial charge in [-0.15, -0.1) is 0 Å². The van der Waals surface area contributed by atoms with Crippen LogP contribution in [-0.4, -0.2) is 32.6 Å². The Morgan fingerprint density at radius 1 is 0.909 bits per heavy atom. The van der Waals surface area contributed by atoms with Crippen LogP contribution >= 0.6 is 0 Å². The molecule has 1 aliphatic rings. The first-order valence-electron chi connectivity index (χ1n) is 11.6. The molecule has 1 aliphatic heterocycles. The first kappa shape index (κ1) is 21.6. The maximum atomic E-state index is 14.7. The lowest BCUT2D eigenvalue weighted by Gasteiger charge is -2.23. The van der Waals surface area contributed by atoms with Gasteiger partial charge < -0.3 is 9.88 Å². The van der Waals surface area contributed by atoms with Crippen LogP contribution in [0.25, 0.3) is 22.6 Å². The number of fused-ring (bicyclic) bond motifs is 1. The largest absolute Gasteiger partial charge is 0.317 e. The van der Waals surface area contributed by atoms with Crippen molar-refractivity contribution >= 4 is 11.2 Å². The molecule has 5 nitrogen and oxygen atoms in total. The summed E-state index contributed by atoms with van der Waals surface area (Å²) < 4.78 is 30.7. The van der Waals surface area contributed by atoms with Crippen LogP contribution in [0.15, 0.2) is 54.7 Å². The molecule has 4 aromatic rings. The molecule has 0 aliphatic carbocycles. The van der Waals surface area contributed by atoms with Crippen LogP contribution in [0.4, 0.5) is 8.78 Å². The van der Waals surface area contributed by atoms with Gasteiger partial charge in [0, 0.05) is 13.0 Å². The number of aromatic nitrogens is 4. The molecule has 0 bridgehead atoms. The van der Waals surface area contributed by atoms with Gasteiger partial charge >= 0.3 is 0 Å². The summed E-state index contributed by atoms with van der Waals surface area (Å²) >= 11 is 0. The predicted molar refractivity (Wildman–Crippen MR) is 125 cm³/mol. The van der Waals surface area contributed by atoms with E-state index in [9.17, 15) is 8.78 Å². The summed E-state index contributed by atoms with van der Waals surface area (Å²) in [5.41, 5.74) is 2.47. The summed E-state index contributed by atoms with van der Waals surface area (Å²) in [5.74, 6) is 1.32. The monoisotopic (exact) mass is 447 g/mol. The van der Waals surface area contributed by atoms with Crippen molar-refractivity contribution in [3.8, 4) is 11.4 Å². The Hall–Kier alpha value is -3.19. The number of nitrogens with one attached hydrogen (secondary N) is 1. The minimum atomic E-state index is -0.302. The smallest absolute Gasteiger partial charge is 0.164 e. The average molecular weight is 448 g/mol. The van der Waals surface area contributed by atoms with E-state index < -0.39 is 0 Å². The Morgan fingerprint density at radius 3 is 2.45 bits per heavy atom. The van der Waals surface area contributed by atoms with Crippen LogP contribution in [0.2, 0.25) is 0 Å². The van der Waals surface area contributed by atoms with Crippen LogP contribution < -0.4 is 5.32 Å². The van der Waals surface area contributed by atoms with Gasteiger partial charge in [-0.3, -0.25) is 0 Å². The highest BCUT2D eigenvalue weighted by molar-refractivity contribution is 5.76. The Bertz CT molecular complexity index is 1250. The topological polar surface area (TPSA) is 55.6 Å². The fourth-order valence-electron chi connectivity index (χ4n) is 4.56. The second-order valence-corrected chi connectivity index (χ2v) is 8.64. The predicted octanol–water partition coefficient (Wildman–Crippen LogP) is 4.95. The maximum absolute atomic E-state index is 14.7. The Morgan fingerprint density at radius 2 is 1.67 bits per heavy atom. The third kappa shape index (κ3) is 4.78. The third-order valence-electron chi connectivity index (χ3n) is 6.45. The molecule has 5 rings (SSSR count). The van der Waals surface area contributed by atoms with E-state index in [2.05, 4.69) is 10.3 Å². The number of halogens is 2. The van der Waals surface area contributed by atoms with Crippen molar-refractivity contribution < 1.29 is 8.78 Å². The van der Waals surface area contributed by atoms with E-state index >= 15 is 0 Å². The van der Waals surface area contributed by atoms with Crippen LogP contribution in [0, 0.1) is 17.6 Å². The SMILES string of the molecule is Fc1ccccc1CCc1ncc2nc(-c3ccccc3F)n(CCC3CCNCC3)c2n1. The minimum absolute atomic E-state index is 0.215. The fraction of sp³-hybridized carbons (Fsp3) is 0.346. The van der Waals surface area contributed by atoms with Crippen molar-refractivity contribution in [1.29, 1.82) is 0 Å². The van der Waals surface area contributed by atoms with Crippen molar-refractivity contribution in [1.82, 2.24) is 24.8 Å². The fourth-order valence-corrected chi connectivity index (χ4v) is 4.56. The standard InChI is InChI=1S/C26H27F2N5/c27-21-7-3-1-5-19(21)9-10-24-30-17-23-26(32-24)33(16-13-18-11-14-29-15-12-18)25(31-23)20-6-2-4-8-22(20)28/h1-8,17-18,29H,9-16H2. The lowest BCUT2D eigenvalue weighted by atomic mass is 9.95. The van der Waals surface area contributed by atoms with Gasteiger partial charge in [0.05, 0.1) is 11.8 Å².